The molecule has 1 aromatic heterocycles. The van der Waals surface area contributed by atoms with E-state index in [1.165, 1.54) is 0 Å². The van der Waals surface area contributed by atoms with Crippen LogP contribution in [0.15, 0.2) is 75.6 Å². The third-order valence-electron chi connectivity index (χ3n) is 6.14. The van der Waals surface area contributed by atoms with Crippen molar-refractivity contribution in [1.29, 1.82) is 0 Å². The molecule has 0 radical (unpaired) electrons. The van der Waals surface area contributed by atoms with Gasteiger partial charge >= 0.3 is 0 Å². The summed E-state index contributed by atoms with van der Waals surface area (Å²) in [5.74, 6) is 1.25. The summed E-state index contributed by atoms with van der Waals surface area (Å²) in [7, 11) is 0. The molecule has 7 heteroatoms. The Hall–Kier alpha value is -2.90. The van der Waals surface area contributed by atoms with E-state index in [-0.39, 0.29) is 24.5 Å². The largest absolute Gasteiger partial charge is 0.464 e. The Labute approximate surface area is 215 Å². The molecule has 1 atom stereocenters. The molecule has 35 heavy (non-hydrogen) atoms. The van der Waals surface area contributed by atoms with Gasteiger partial charge in [-0.05, 0) is 62.1 Å². The monoisotopic (exact) mass is 538 g/mol. The van der Waals surface area contributed by atoms with E-state index >= 15 is 0 Å². The second kappa shape index (κ2) is 12.2. The zero-order chi connectivity index (χ0) is 24.6. The van der Waals surface area contributed by atoms with E-state index < -0.39 is 0 Å². The van der Waals surface area contributed by atoms with Gasteiger partial charge in [0.2, 0.25) is 5.91 Å². The van der Waals surface area contributed by atoms with Crippen molar-refractivity contribution in [2.75, 3.05) is 26.2 Å². The highest BCUT2D eigenvalue weighted by atomic mass is 79.9. The number of furan rings is 1. The first-order chi connectivity index (χ1) is 17.0. The topological polar surface area (TPSA) is 63.0 Å². The van der Waals surface area contributed by atoms with Gasteiger partial charge in [0.25, 0.3) is 5.91 Å². The molecular weight excluding hydrogens is 508 g/mol. The van der Waals surface area contributed by atoms with Crippen molar-refractivity contribution in [2.24, 2.45) is 0 Å². The first kappa shape index (κ1) is 25.2. The fraction of sp³-hybridized carbons (Fsp3) is 0.357. The fourth-order valence-electron chi connectivity index (χ4n) is 4.28. The predicted molar refractivity (Wildman–Crippen MR) is 138 cm³/mol. The third kappa shape index (κ3) is 7.29. The lowest BCUT2D eigenvalue weighted by molar-refractivity contribution is -0.133. The Kier molecular flexibility index (Phi) is 8.77. The van der Waals surface area contributed by atoms with Gasteiger partial charge in [-0.1, -0.05) is 52.3 Å². The summed E-state index contributed by atoms with van der Waals surface area (Å²) >= 11 is 3.44. The Morgan fingerprint density at radius 3 is 2.54 bits per heavy atom. The quantitative estimate of drug-likeness (QED) is 0.354. The van der Waals surface area contributed by atoms with E-state index in [9.17, 15) is 9.59 Å². The number of aryl methyl sites for hydroxylation is 1. The number of benzene rings is 2. The highest BCUT2D eigenvalue weighted by Gasteiger charge is 2.27. The summed E-state index contributed by atoms with van der Waals surface area (Å²) in [5, 5.41) is 0. The summed E-state index contributed by atoms with van der Waals surface area (Å²) in [5.41, 5.74) is 1.70. The molecule has 2 heterocycles. The minimum atomic E-state index is -0.174. The highest BCUT2D eigenvalue weighted by molar-refractivity contribution is 9.10. The molecule has 6 nitrogen and oxygen atoms in total. The molecule has 0 unspecified atom stereocenters. The first-order valence-electron chi connectivity index (χ1n) is 12.0. The van der Waals surface area contributed by atoms with E-state index in [0.29, 0.717) is 31.8 Å². The van der Waals surface area contributed by atoms with Crippen LogP contribution in [0.4, 0.5) is 0 Å². The van der Waals surface area contributed by atoms with Crippen LogP contribution in [-0.4, -0.2) is 54.0 Å². The number of hydrogen-bond acceptors (Lipinski definition) is 4. The van der Waals surface area contributed by atoms with Crippen molar-refractivity contribution in [3.8, 4) is 0 Å². The van der Waals surface area contributed by atoms with Crippen molar-refractivity contribution in [2.45, 2.75) is 38.8 Å². The lowest BCUT2D eigenvalue weighted by Gasteiger charge is -2.29. The van der Waals surface area contributed by atoms with Crippen molar-refractivity contribution in [3.05, 3.63) is 93.9 Å². The minimum absolute atomic E-state index is 0.0142. The molecule has 0 bridgehead atoms. The lowest BCUT2D eigenvalue weighted by atomic mass is 10.1. The number of carbonyl (C=O) groups is 2. The van der Waals surface area contributed by atoms with Gasteiger partial charge in [0.05, 0.1) is 12.6 Å². The van der Waals surface area contributed by atoms with Crippen LogP contribution in [-0.2, 0) is 22.5 Å². The molecule has 4 rings (SSSR count). The summed E-state index contributed by atoms with van der Waals surface area (Å²) in [6.45, 7) is 3.85. The van der Waals surface area contributed by atoms with Crippen LogP contribution in [0, 0.1) is 6.92 Å². The maximum Gasteiger partial charge on any atom is 0.254 e. The molecule has 1 aliphatic heterocycles. The maximum atomic E-state index is 13.6. The summed E-state index contributed by atoms with van der Waals surface area (Å²) < 4.78 is 12.4. The number of halogens is 1. The molecule has 0 saturated carbocycles. The van der Waals surface area contributed by atoms with Crippen LogP contribution in [0.5, 0.6) is 0 Å². The van der Waals surface area contributed by atoms with Gasteiger partial charge in [0.15, 0.2) is 0 Å². The second-order valence-electron chi connectivity index (χ2n) is 8.89. The van der Waals surface area contributed by atoms with Crippen LogP contribution in [0.2, 0.25) is 0 Å². The number of rotatable bonds is 10. The van der Waals surface area contributed by atoms with Crippen molar-refractivity contribution in [1.82, 2.24) is 9.80 Å². The number of carbonyl (C=O) groups excluding carboxylic acids is 2. The molecule has 1 fully saturated rings. The van der Waals surface area contributed by atoms with E-state index in [2.05, 4.69) is 28.1 Å². The number of amides is 2. The van der Waals surface area contributed by atoms with Crippen molar-refractivity contribution >= 4 is 27.7 Å². The maximum absolute atomic E-state index is 13.6. The fourth-order valence-corrected chi connectivity index (χ4v) is 4.68. The molecule has 0 aliphatic carbocycles. The van der Waals surface area contributed by atoms with Gasteiger partial charge in [-0.3, -0.25) is 9.59 Å². The molecular formula is C28H31BrN2O4. The first-order valence-corrected chi connectivity index (χ1v) is 12.8. The molecule has 184 valence electrons. The standard InChI is InChI=1S/C28H31BrN2O4/c1-21-12-13-26(35-21)19-30(15-14-22-7-3-2-4-8-22)27(32)20-31(18-25-11-6-16-34-25)28(33)23-9-5-10-24(29)17-23/h2-5,7-10,12-13,17,25H,6,11,14-16,18-20H2,1H3/t25-/m0/s1. The third-order valence-corrected chi connectivity index (χ3v) is 6.63. The zero-order valence-electron chi connectivity index (χ0n) is 20.0. The highest BCUT2D eigenvalue weighted by Crippen LogP contribution is 2.18. The Morgan fingerprint density at radius 2 is 1.86 bits per heavy atom. The van der Waals surface area contributed by atoms with Crippen molar-refractivity contribution < 1.29 is 18.7 Å². The average Bonchev–Trinajstić information content (AvgIpc) is 3.53. The van der Waals surface area contributed by atoms with Crippen LogP contribution >= 0.6 is 15.9 Å². The minimum Gasteiger partial charge on any atom is -0.464 e. The SMILES string of the molecule is Cc1ccc(CN(CCc2ccccc2)C(=O)CN(C[C@@H]2CCCO2)C(=O)c2cccc(Br)c2)o1. The Bertz CT molecular complexity index is 1120. The molecule has 1 saturated heterocycles. The van der Waals surface area contributed by atoms with Crippen LogP contribution in [0.3, 0.4) is 0 Å². The van der Waals surface area contributed by atoms with Gasteiger partial charge in [-0.25, -0.2) is 0 Å². The normalized spacial score (nSPS) is 15.2. The van der Waals surface area contributed by atoms with Crippen LogP contribution < -0.4 is 0 Å². The van der Waals surface area contributed by atoms with Gasteiger partial charge in [0.1, 0.15) is 18.1 Å². The molecule has 3 aromatic rings. The van der Waals surface area contributed by atoms with Crippen LogP contribution in [0.1, 0.15) is 40.3 Å². The van der Waals surface area contributed by atoms with Gasteiger partial charge in [0, 0.05) is 29.7 Å². The van der Waals surface area contributed by atoms with Gasteiger partial charge < -0.3 is 19.0 Å². The average molecular weight is 539 g/mol. The van der Waals surface area contributed by atoms with Gasteiger partial charge in [-0.15, -0.1) is 0 Å². The van der Waals surface area contributed by atoms with Gasteiger partial charge in [-0.2, -0.15) is 0 Å². The van der Waals surface area contributed by atoms with Crippen LogP contribution in [0.25, 0.3) is 0 Å². The molecule has 2 aromatic carbocycles. The number of nitrogens with zero attached hydrogens (tertiary/aromatic N) is 2. The number of ether oxygens (including phenoxy) is 1. The lowest BCUT2D eigenvalue weighted by Crippen LogP contribution is -2.46. The summed E-state index contributed by atoms with van der Waals surface area (Å²) in [6.07, 6.45) is 2.53. The zero-order valence-corrected chi connectivity index (χ0v) is 21.6. The molecule has 2 amide bonds. The Balaban J connectivity index is 1.52. The number of hydrogen-bond donors (Lipinski definition) is 0. The smallest absolute Gasteiger partial charge is 0.254 e. The van der Waals surface area contributed by atoms with E-state index in [0.717, 1.165) is 40.8 Å². The van der Waals surface area contributed by atoms with E-state index in [4.69, 9.17) is 9.15 Å². The molecule has 0 N–H and O–H groups in total. The summed E-state index contributed by atoms with van der Waals surface area (Å²) in [4.78, 5) is 30.5. The Morgan fingerprint density at radius 1 is 1.03 bits per heavy atom. The van der Waals surface area contributed by atoms with E-state index in [1.807, 2.05) is 49.4 Å². The molecule has 0 spiro atoms. The van der Waals surface area contributed by atoms with E-state index in [1.54, 1.807) is 21.9 Å². The van der Waals surface area contributed by atoms with Crippen molar-refractivity contribution in [3.63, 3.8) is 0 Å². The summed E-state index contributed by atoms with van der Waals surface area (Å²) in [6, 6.07) is 21.2. The predicted octanol–water partition coefficient (Wildman–Crippen LogP) is 5.24. The second-order valence-corrected chi connectivity index (χ2v) is 9.81. The molecule has 1 aliphatic rings.